The average molecular weight is 317 g/mol. The van der Waals surface area contributed by atoms with Crippen molar-refractivity contribution in [3.8, 4) is 0 Å². The largest absolute Gasteiger partial charge is 0.573 e. The van der Waals surface area contributed by atoms with Gasteiger partial charge in [-0.15, -0.1) is 13.2 Å². The Morgan fingerprint density at radius 2 is 2.05 bits per heavy atom. The Balaban J connectivity index is 3.19. The Hall–Kier alpha value is -2.05. The molecule has 1 aliphatic heterocycles. The minimum atomic E-state index is -4.87. The van der Waals surface area contributed by atoms with Gasteiger partial charge in [-0.2, -0.15) is 0 Å². The van der Waals surface area contributed by atoms with E-state index in [2.05, 4.69) is 16.6 Å². The molecule has 0 spiro atoms. The van der Waals surface area contributed by atoms with E-state index in [4.69, 9.17) is 0 Å². The topological polar surface area (TPSA) is 55.4 Å². The van der Waals surface area contributed by atoms with Gasteiger partial charge in [-0.05, 0) is 18.4 Å². The van der Waals surface area contributed by atoms with Gasteiger partial charge in [0.25, 0.3) is 0 Å². The molecule has 0 aromatic carbocycles. The van der Waals surface area contributed by atoms with Crippen LogP contribution in [0.1, 0.15) is 26.7 Å². The quantitative estimate of drug-likeness (QED) is 0.481. The van der Waals surface area contributed by atoms with Crippen molar-refractivity contribution in [2.75, 3.05) is 0 Å². The van der Waals surface area contributed by atoms with Crippen molar-refractivity contribution in [1.82, 2.24) is 5.32 Å². The number of piperidine rings is 1. The lowest BCUT2D eigenvalue weighted by atomic mass is 9.88. The van der Waals surface area contributed by atoms with E-state index in [0.29, 0.717) is 0 Å². The molecule has 0 aromatic rings. The number of carbonyl (C=O) groups is 2. The molecule has 0 bridgehead atoms. The summed E-state index contributed by atoms with van der Waals surface area (Å²) in [5.41, 5.74) is 0.0611. The molecule has 1 rings (SSSR count). The SMILES string of the molecule is C=C/C=C(\C(=C/C(C)C)OC(F)(F)F)C1CCC(=O)NC1=O. The molecule has 4 nitrogen and oxygen atoms in total. The zero-order chi connectivity index (χ0) is 16.9. The van der Waals surface area contributed by atoms with E-state index in [0.717, 1.165) is 0 Å². The van der Waals surface area contributed by atoms with E-state index < -0.39 is 29.9 Å². The maximum atomic E-state index is 12.6. The van der Waals surface area contributed by atoms with Gasteiger partial charge in [-0.1, -0.05) is 32.6 Å². The van der Waals surface area contributed by atoms with Gasteiger partial charge < -0.3 is 4.74 Å². The van der Waals surface area contributed by atoms with E-state index in [1.54, 1.807) is 13.8 Å². The predicted octanol–water partition coefficient (Wildman–Crippen LogP) is 3.23. The van der Waals surface area contributed by atoms with Crippen LogP contribution in [-0.4, -0.2) is 18.2 Å². The number of halogens is 3. The Labute approximate surface area is 126 Å². The fourth-order valence-corrected chi connectivity index (χ4v) is 2.10. The van der Waals surface area contributed by atoms with Crippen LogP contribution in [0.3, 0.4) is 0 Å². The molecule has 1 fully saturated rings. The number of alkyl halides is 3. The fourth-order valence-electron chi connectivity index (χ4n) is 2.10. The molecule has 7 heteroatoms. The zero-order valence-electron chi connectivity index (χ0n) is 12.4. The number of hydrogen-bond donors (Lipinski definition) is 1. The van der Waals surface area contributed by atoms with Crippen molar-refractivity contribution in [3.05, 3.63) is 36.1 Å². The summed E-state index contributed by atoms with van der Waals surface area (Å²) < 4.78 is 41.9. The molecule has 1 N–H and O–H groups in total. The molecule has 0 radical (unpaired) electrons. The lowest BCUT2D eigenvalue weighted by molar-refractivity contribution is -0.304. The van der Waals surface area contributed by atoms with Gasteiger partial charge in [-0.3, -0.25) is 14.9 Å². The molecule has 0 aromatic heterocycles. The van der Waals surface area contributed by atoms with Crippen molar-refractivity contribution in [2.45, 2.75) is 33.1 Å². The number of carbonyl (C=O) groups excluding carboxylic acids is 2. The van der Waals surface area contributed by atoms with Gasteiger partial charge in [0.15, 0.2) is 0 Å². The highest BCUT2D eigenvalue weighted by molar-refractivity contribution is 6.00. The summed E-state index contributed by atoms with van der Waals surface area (Å²) in [5, 5.41) is 2.12. The highest BCUT2D eigenvalue weighted by atomic mass is 19.4. The van der Waals surface area contributed by atoms with E-state index >= 15 is 0 Å². The molecular weight excluding hydrogens is 299 g/mol. The van der Waals surface area contributed by atoms with Crippen LogP contribution in [0.4, 0.5) is 13.2 Å². The molecule has 2 amide bonds. The second-order valence-electron chi connectivity index (χ2n) is 5.18. The third-order valence-corrected chi connectivity index (χ3v) is 2.91. The summed E-state index contributed by atoms with van der Waals surface area (Å²) in [4.78, 5) is 23.1. The Kier molecular flexibility index (Phi) is 5.96. The lowest BCUT2D eigenvalue weighted by Gasteiger charge is -2.25. The summed E-state index contributed by atoms with van der Waals surface area (Å²) in [5.74, 6) is -2.62. The molecule has 0 saturated carbocycles. The number of allylic oxidation sites excluding steroid dienone is 4. The van der Waals surface area contributed by atoms with Gasteiger partial charge in [0.05, 0.1) is 5.92 Å². The molecule has 1 atom stereocenters. The summed E-state index contributed by atoms with van der Waals surface area (Å²) in [6, 6.07) is 0. The molecule has 122 valence electrons. The van der Waals surface area contributed by atoms with Crippen molar-refractivity contribution in [1.29, 1.82) is 0 Å². The average Bonchev–Trinajstić information content (AvgIpc) is 2.33. The maximum Gasteiger partial charge on any atom is 0.573 e. The zero-order valence-corrected chi connectivity index (χ0v) is 12.4. The number of rotatable bonds is 5. The number of nitrogens with one attached hydrogen (secondary N) is 1. The fraction of sp³-hybridized carbons (Fsp3) is 0.467. The molecule has 1 heterocycles. The third kappa shape index (κ3) is 5.38. The Morgan fingerprint density at radius 1 is 1.41 bits per heavy atom. The van der Waals surface area contributed by atoms with Gasteiger partial charge >= 0.3 is 6.36 Å². The molecule has 1 aliphatic rings. The number of ether oxygens (including phenoxy) is 1. The second kappa shape index (κ2) is 7.29. The van der Waals surface area contributed by atoms with Gasteiger partial charge in [0.1, 0.15) is 5.76 Å². The van der Waals surface area contributed by atoms with Crippen molar-refractivity contribution >= 4 is 11.8 Å². The van der Waals surface area contributed by atoms with Crippen LogP contribution in [0.15, 0.2) is 36.1 Å². The predicted molar refractivity (Wildman–Crippen MR) is 74.2 cm³/mol. The summed E-state index contributed by atoms with van der Waals surface area (Å²) >= 11 is 0. The highest BCUT2D eigenvalue weighted by Gasteiger charge is 2.37. The molecular formula is C15H18F3NO3. The minimum absolute atomic E-state index is 0.0611. The Bertz CT molecular complexity index is 519. The number of amides is 2. The number of imide groups is 1. The van der Waals surface area contributed by atoms with Crippen LogP contribution < -0.4 is 5.32 Å². The molecule has 22 heavy (non-hydrogen) atoms. The molecule has 0 aliphatic carbocycles. The van der Waals surface area contributed by atoms with Crippen LogP contribution in [-0.2, 0) is 14.3 Å². The maximum absolute atomic E-state index is 12.6. The number of hydrogen-bond acceptors (Lipinski definition) is 3. The summed E-state index contributed by atoms with van der Waals surface area (Å²) in [6.07, 6.45) is -0.811. The van der Waals surface area contributed by atoms with Crippen LogP contribution in [0, 0.1) is 11.8 Å². The Morgan fingerprint density at radius 3 is 2.50 bits per heavy atom. The van der Waals surface area contributed by atoms with Crippen molar-refractivity contribution < 1.29 is 27.5 Å². The van der Waals surface area contributed by atoms with Crippen LogP contribution in [0.2, 0.25) is 0 Å². The van der Waals surface area contributed by atoms with E-state index in [9.17, 15) is 22.8 Å². The first kappa shape index (κ1) is 18.0. The summed E-state index contributed by atoms with van der Waals surface area (Å²) in [6.45, 7) is 6.83. The summed E-state index contributed by atoms with van der Waals surface area (Å²) in [7, 11) is 0. The first-order valence-electron chi connectivity index (χ1n) is 6.78. The normalized spacial score (nSPS) is 20.9. The smallest absolute Gasteiger partial charge is 0.406 e. The first-order valence-corrected chi connectivity index (χ1v) is 6.78. The molecule has 1 saturated heterocycles. The van der Waals surface area contributed by atoms with Gasteiger partial charge in [-0.25, -0.2) is 0 Å². The van der Waals surface area contributed by atoms with Gasteiger partial charge in [0.2, 0.25) is 11.8 Å². The van der Waals surface area contributed by atoms with Crippen molar-refractivity contribution in [3.63, 3.8) is 0 Å². The van der Waals surface area contributed by atoms with Gasteiger partial charge in [0, 0.05) is 12.0 Å². The molecule has 1 unspecified atom stereocenters. The van der Waals surface area contributed by atoms with Crippen LogP contribution in [0.25, 0.3) is 0 Å². The second-order valence-corrected chi connectivity index (χ2v) is 5.18. The highest BCUT2D eigenvalue weighted by Crippen LogP contribution is 2.33. The first-order chi connectivity index (χ1) is 10.1. The van der Waals surface area contributed by atoms with Crippen LogP contribution in [0.5, 0.6) is 0 Å². The van der Waals surface area contributed by atoms with Crippen LogP contribution >= 0.6 is 0 Å². The lowest BCUT2D eigenvalue weighted by Crippen LogP contribution is -2.42. The van der Waals surface area contributed by atoms with E-state index in [1.807, 2.05) is 0 Å². The van der Waals surface area contributed by atoms with Crippen molar-refractivity contribution in [2.24, 2.45) is 11.8 Å². The standard InChI is InChI=1S/C15H18F3NO3/c1-4-5-10(11-6-7-13(20)19-14(11)21)12(8-9(2)3)22-15(16,17)18/h4-5,8-9,11H,1,6-7H2,2-3H3,(H,19,20,21)/b10-5-,12-8+. The van der Waals surface area contributed by atoms with E-state index in [-0.39, 0.29) is 24.3 Å². The monoisotopic (exact) mass is 317 g/mol. The third-order valence-electron chi connectivity index (χ3n) is 2.91. The minimum Gasteiger partial charge on any atom is -0.406 e. The van der Waals surface area contributed by atoms with E-state index in [1.165, 1.54) is 18.2 Å².